The molecule has 0 saturated carbocycles. The summed E-state index contributed by atoms with van der Waals surface area (Å²) in [5.74, 6) is 0.0795. The highest BCUT2D eigenvalue weighted by Crippen LogP contribution is 2.25. The molecule has 0 unspecified atom stereocenters. The summed E-state index contributed by atoms with van der Waals surface area (Å²) in [6.45, 7) is 9.62. The summed E-state index contributed by atoms with van der Waals surface area (Å²) in [7, 11) is -3.78. The van der Waals surface area contributed by atoms with Crippen LogP contribution in [-0.2, 0) is 26.8 Å². The van der Waals surface area contributed by atoms with E-state index in [1.165, 1.54) is 21.3 Å². The van der Waals surface area contributed by atoms with Gasteiger partial charge in [-0.15, -0.1) is 0 Å². The highest BCUT2D eigenvalue weighted by atomic mass is 32.2. The van der Waals surface area contributed by atoms with Gasteiger partial charge in [-0.1, -0.05) is 34.6 Å². The van der Waals surface area contributed by atoms with Crippen LogP contribution in [0.25, 0.3) is 5.95 Å². The Kier molecular flexibility index (Phi) is 7.32. The van der Waals surface area contributed by atoms with Crippen LogP contribution in [-0.4, -0.2) is 56.0 Å². The highest BCUT2D eigenvalue weighted by molar-refractivity contribution is 7.89. The maximum absolute atomic E-state index is 12.9. The molecule has 3 heterocycles. The molecule has 34 heavy (non-hydrogen) atoms. The first-order chi connectivity index (χ1) is 16.0. The van der Waals surface area contributed by atoms with Gasteiger partial charge in [0.25, 0.3) is 11.5 Å². The van der Waals surface area contributed by atoms with Gasteiger partial charge in [0.05, 0.1) is 10.6 Å². The second-order valence-electron chi connectivity index (χ2n) is 8.59. The van der Waals surface area contributed by atoms with Gasteiger partial charge in [-0.3, -0.25) is 9.59 Å². The summed E-state index contributed by atoms with van der Waals surface area (Å²) in [5.41, 5.74) is -0.0903. The van der Waals surface area contributed by atoms with Crippen LogP contribution in [0.5, 0.6) is 0 Å². The minimum atomic E-state index is -3.78. The van der Waals surface area contributed by atoms with Gasteiger partial charge in [0.2, 0.25) is 15.9 Å². The molecule has 12 heteroatoms. The normalized spacial score (nSPS) is 12.2. The SMILES string of the molecule is CCN(CC)S(=O)(=O)c1ccc(=O)n(CC(=O)Nc2cc(C(C)(C)C)nn2-c2ncccn2)c1. The number of nitrogens with zero attached hydrogens (tertiary/aromatic N) is 6. The quantitative estimate of drug-likeness (QED) is 0.512. The second kappa shape index (κ2) is 9.85. The summed E-state index contributed by atoms with van der Waals surface area (Å²) in [6.07, 6.45) is 4.31. The second-order valence-corrected chi connectivity index (χ2v) is 10.5. The molecule has 0 radical (unpaired) electrons. The molecule has 0 bridgehead atoms. The summed E-state index contributed by atoms with van der Waals surface area (Å²) in [6, 6.07) is 5.78. The number of amides is 1. The van der Waals surface area contributed by atoms with Crippen LogP contribution in [0, 0.1) is 0 Å². The maximum Gasteiger partial charge on any atom is 0.252 e. The smallest absolute Gasteiger partial charge is 0.252 e. The van der Waals surface area contributed by atoms with E-state index >= 15 is 0 Å². The lowest BCUT2D eigenvalue weighted by molar-refractivity contribution is -0.116. The molecule has 11 nitrogen and oxygen atoms in total. The van der Waals surface area contributed by atoms with E-state index in [2.05, 4.69) is 20.4 Å². The molecule has 3 aromatic rings. The van der Waals surface area contributed by atoms with E-state index in [9.17, 15) is 18.0 Å². The summed E-state index contributed by atoms with van der Waals surface area (Å²) in [5, 5.41) is 7.28. The third-order valence-electron chi connectivity index (χ3n) is 5.10. The van der Waals surface area contributed by atoms with E-state index < -0.39 is 21.5 Å². The molecule has 0 aliphatic heterocycles. The van der Waals surface area contributed by atoms with Gasteiger partial charge in [-0.25, -0.2) is 18.4 Å². The molecule has 0 aliphatic carbocycles. The Labute approximate surface area is 198 Å². The standard InChI is InChI=1S/C22H29N7O4S/c1-6-28(7-2)34(32,33)16-9-10-20(31)27(14-16)15-19(30)25-18-13-17(22(3,4)5)26-29(18)21-23-11-8-12-24-21/h8-14H,6-7,15H2,1-5H3,(H,25,30). The molecule has 0 fully saturated rings. The van der Waals surface area contributed by atoms with Gasteiger partial charge in [0, 0.05) is 49.2 Å². The minimum absolute atomic E-state index is 0.0543. The molecule has 0 saturated heterocycles. The fourth-order valence-corrected chi connectivity index (χ4v) is 4.70. The lowest BCUT2D eigenvalue weighted by atomic mass is 9.92. The van der Waals surface area contributed by atoms with Crippen LogP contribution >= 0.6 is 0 Å². The lowest BCUT2D eigenvalue weighted by Gasteiger charge is -2.19. The fourth-order valence-electron chi connectivity index (χ4n) is 3.22. The van der Waals surface area contributed by atoms with Gasteiger partial charge in [0.15, 0.2) is 0 Å². The highest BCUT2D eigenvalue weighted by Gasteiger charge is 2.24. The van der Waals surface area contributed by atoms with E-state index in [-0.39, 0.29) is 22.8 Å². The van der Waals surface area contributed by atoms with Crippen LogP contribution in [0.4, 0.5) is 5.82 Å². The number of sulfonamides is 1. The van der Waals surface area contributed by atoms with Crippen molar-refractivity contribution in [1.82, 2.24) is 28.6 Å². The molecular formula is C22H29N7O4S. The number of hydrogen-bond donors (Lipinski definition) is 1. The van der Waals surface area contributed by atoms with Crippen molar-refractivity contribution in [2.24, 2.45) is 0 Å². The predicted octanol–water partition coefficient (Wildman–Crippen LogP) is 1.79. The minimum Gasteiger partial charge on any atom is -0.309 e. The molecule has 182 valence electrons. The van der Waals surface area contributed by atoms with Crippen LogP contribution in [0.15, 0.2) is 52.5 Å². The van der Waals surface area contributed by atoms with Gasteiger partial charge in [-0.2, -0.15) is 14.1 Å². The zero-order valence-electron chi connectivity index (χ0n) is 19.9. The summed E-state index contributed by atoms with van der Waals surface area (Å²) < 4.78 is 29.4. The molecule has 0 spiro atoms. The van der Waals surface area contributed by atoms with Crippen molar-refractivity contribution >= 4 is 21.7 Å². The molecule has 0 aromatic carbocycles. The molecule has 1 N–H and O–H groups in total. The molecule has 3 rings (SSSR count). The Morgan fingerprint density at radius 3 is 2.35 bits per heavy atom. The molecule has 0 aliphatic rings. The number of carbonyl (C=O) groups excluding carboxylic acids is 1. The number of aromatic nitrogens is 5. The van der Waals surface area contributed by atoms with Crippen LogP contribution < -0.4 is 10.9 Å². The summed E-state index contributed by atoms with van der Waals surface area (Å²) in [4.78, 5) is 33.6. The van der Waals surface area contributed by atoms with Crippen molar-refractivity contribution in [3.8, 4) is 5.95 Å². The Hall–Kier alpha value is -3.38. The van der Waals surface area contributed by atoms with Crippen molar-refractivity contribution in [3.63, 3.8) is 0 Å². The molecule has 0 atom stereocenters. The number of nitrogens with one attached hydrogen (secondary N) is 1. The van der Waals surface area contributed by atoms with Crippen molar-refractivity contribution in [3.05, 3.63) is 58.9 Å². The van der Waals surface area contributed by atoms with E-state index in [4.69, 9.17) is 0 Å². The van der Waals surface area contributed by atoms with E-state index in [0.29, 0.717) is 24.6 Å². The largest absolute Gasteiger partial charge is 0.309 e. The fraction of sp³-hybridized carbons (Fsp3) is 0.409. The van der Waals surface area contributed by atoms with Gasteiger partial charge in [0.1, 0.15) is 12.4 Å². The average molecular weight is 488 g/mol. The van der Waals surface area contributed by atoms with Crippen LogP contribution in [0.3, 0.4) is 0 Å². The van der Waals surface area contributed by atoms with E-state index in [1.54, 1.807) is 38.4 Å². The van der Waals surface area contributed by atoms with E-state index in [1.807, 2.05) is 20.8 Å². The van der Waals surface area contributed by atoms with Crippen molar-refractivity contribution in [2.45, 2.75) is 51.5 Å². The average Bonchev–Trinajstić information content (AvgIpc) is 3.20. The van der Waals surface area contributed by atoms with Crippen molar-refractivity contribution in [2.75, 3.05) is 18.4 Å². The Bertz CT molecular complexity index is 1320. The van der Waals surface area contributed by atoms with E-state index in [0.717, 1.165) is 10.6 Å². The van der Waals surface area contributed by atoms with Gasteiger partial charge >= 0.3 is 0 Å². The predicted molar refractivity (Wildman–Crippen MR) is 127 cm³/mol. The number of rotatable bonds is 8. The van der Waals surface area contributed by atoms with Gasteiger partial charge < -0.3 is 9.88 Å². The Morgan fingerprint density at radius 2 is 1.76 bits per heavy atom. The number of carbonyl (C=O) groups is 1. The number of hydrogen-bond acceptors (Lipinski definition) is 7. The maximum atomic E-state index is 12.9. The number of anilines is 1. The van der Waals surface area contributed by atoms with Crippen LogP contribution in [0.1, 0.15) is 40.3 Å². The van der Waals surface area contributed by atoms with Crippen molar-refractivity contribution < 1.29 is 13.2 Å². The molecular weight excluding hydrogens is 458 g/mol. The molecule has 1 amide bonds. The Morgan fingerprint density at radius 1 is 1.12 bits per heavy atom. The molecule has 3 aromatic heterocycles. The third kappa shape index (κ3) is 5.39. The third-order valence-corrected chi connectivity index (χ3v) is 7.13. The summed E-state index contributed by atoms with van der Waals surface area (Å²) >= 11 is 0. The van der Waals surface area contributed by atoms with Crippen LogP contribution in [0.2, 0.25) is 0 Å². The first kappa shape index (κ1) is 25.2. The Balaban J connectivity index is 1.91. The zero-order chi connectivity index (χ0) is 25.1. The first-order valence-electron chi connectivity index (χ1n) is 10.9. The van der Waals surface area contributed by atoms with Gasteiger partial charge in [-0.05, 0) is 12.1 Å². The number of pyridine rings is 1. The monoisotopic (exact) mass is 487 g/mol. The first-order valence-corrected chi connectivity index (χ1v) is 12.3. The topological polar surface area (TPSA) is 132 Å². The lowest BCUT2D eigenvalue weighted by Crippen LogP contribution is -2.33. The van der Waals surface area contributed by atoms with Crippen molar-refractivity contribution in [1.29, 1.82) is 0 Å². The zero-order valence-corrected chi connectivity index (χ0v) is 20.7.